The van der Waals surface area contributed by atoms with Crippen molar-refractivity contribution in [1.29, 1.82) is 0 Å². The molecule has 1 aromatic carbocycles. The number of rotatable bonds is 2. The highest BCUT2D eigenvalue weighted by Gasteiger charge is 2.21. The van der Waals surface area contributed by atoms with Gasteiger partial charge < -0.3 is 10.8 Å². The topological polar surface area (TPSA) is 46.2 Å². The Hall–Kier alpha value is -1.16. The van der Waals surface area contributed by atoms with E-state index >= 15 is 0 Å². The molecule has 14 heavy (non-hydrogen) atoms. The molecular weight excluding hydrogens is 188 g/mol. The summed E-state index contributed by atoms with van der Waals surface area (Å²) in [6.07, 6.45) is -2.59. The highest BCUT2D eigenvalue weighted by Crippen LogP contribution is 2.28. The molecule has 0 saturated carbocycles. The third-order valence-electron chi connectivity index (χ3n) is 2.18. The molecule has 0 unspecified atom stereocenters. The van der Waals surface area contributed by atoms with E-state index in [9.17, 15) is 13.9 Å². The van der Waals surface area contributed by atoms with E-state index < -0.39 is 12.5 Å². The molecule has 1 aromatic rings. The maximum Gasteiger partial charge on any atom is 0.257 e. The van der Waals surface area contributed by atoms with Gasteiger partial charge in [0.05, 0.1) is 6.04 Å². The van der Waals surface area contributed by atoms with Gasteiger partial charge in [-0.05, 0) is 42.7 Å². The quantitative estimate of drug-likeness (QED) is 0.771. The second-order valence-electron chi connectivity index (χ2n) is 3.35. The third-order valence-corrected chi connectivity index (χ3v) is 2.18. The minimum Gasteiger partial charge on any atom is -0.508 e. The number of halogens is 2. The first kappa shape index (κ1) is 10.9. The van der Waals surface area contributed by atoms with Gasteiger partial charge in [-0.3, -0.25) is 0 Å². The SMILES string of the molecule is Cc1cc(O)cc(C)c1[C@@H](N)C(F)F. The number of phenolic OH excluding ortho intramolecular Hbond substituents is 1. The summed E-state index contributed by atoms with van der Waals surface area (Å²) in [7, 11) is 0. The largest absolute Gasteiger partial charge is 0.508 e. The van der Waals surface area contributed by atoms with Crippen molar-refractivity contribution in [3.8, 4) is 5.75 Å². The van der Waals surface area contributed by atoms with Gasteiger partial charge in [0.1, 0.15) is 5.75 Å². The molecule has 78 valence electrons. The van der Waals surface area contributed by atoms with Gasteiger partial charge in [0.2, 0.25) is 0 Å². The van der Waals surface area contributed by atoms with Gasteiger partial charge in [0.15, 0.2) is 0 Å². The average molecular weight is 201 g/mol. The molecule has 0 aromatic heterocycles. The smallest absolute Gasteiger partial charge is 0.257 e. The molecule has 0 radical (unpaired) electrons. The summed E-state index contributed by atoms with van der Waals surface area (Å²) in [5, 5.41) is 9.21. The van der Waals surface area contributed by atoms with Gasteiger partial charge >= 0.3 is 0 Å². The molecule has 0 spiro atoms. The number of hydrogen-bond acceptors (Lipinski definition) is 2. The highest BCUT2D eigenvalue weighted by atomic mass is 19.3. The maximum absolute atomic E-state index is 12.4. The average Bonchev–Trinajstić information content (AvgIpc) is 2.01. The zero-order valence-electron chi connectivity index (χ0n) is 8.09. The molecule has 0 aliphatic heterocycles. The Kier molecular flexibility index (Phi) is 3.06. The standard InChI is InChI=1S/C10H13F2NO/c1-5-3-7(14)4-6(2)8(5)9(13)10(11)12/h3-4,9-10,14H,13H2,1-2H3/t9-/m1/s1. The summed E-state index contributed by atoms with van der Waals surface area (Å²) in [5.74, 6) is 0.0743. The second kappa shape index (κ2) is 3.92. The zero-order chi connectivity index (χ0) is 10.9. The molecule has 0 saturated heterocycles. The first-order valence-electron chi connectivity index (χ1n) is 4.27. The normalized spacial score (nSPS) is 13.3. The first-order valence-corrected chi connectivity index (χ1v) is 4.27. The van der Waals surface area contributed by atoms with Gasteiger partial charge in [-0.1, -0.05) is 0 Å². The van der Waals surface area contributed by atoms with Gasteiger partial charge in [-0.25, -0.2) is 8.78 Å². The highest BCUT2D eigenvalue weighted by molar-refractivity contribution is 5.42. The Morgan fingerprint density at radius 1 is 1.21 bits per heavy atom. The number of nitrogens with two attached hydrogens (primary N) is 1. The van der Waals surface area contributed by atoms with Crippen LogP contribution in [-0.2, 0) is 0 Å². The van der Waals surface area contributed by atoms with Crippen LogP contribution in [0.25, 0.3) is 0 Å². The lowest BCUT2D eigenvalue weighted by Crippen LogP contribution is -2.21. The van der Waals surface area contributed by atoms with Gasteiger partial charge in [0.25, 0.3) is 6.43 Å². The molecule has 0 fully saturated rings. The molecule has 0 heterocycles. The number of alkyl halides is 2. The number of benzene rings is 1. The van der Waals surface area contributed by atoms with E-state index in [1.54, 1.807) is 13.8 Å². The monoisotopic (exact) mass is 201 g/mol. The Morgan fingerprint density at radius 3 is 2.00 bits per heavy atom. The van der Waals surface area contributed by atoms with Crippen LogP contribution in [0, 0.1) is 13.8 Å². The van der Waals surface area contributed by atoms with Crippen LogP contribution in [0.5, 0.6) is 5.75 Å². The molecule has 0 amide bonds. The molecule has 1 atom stereocenters. The third kappa shape index (κ3) is 2.01. The van der Waals surface area contributed by atoms with Crippen LogP contribution in [-0.4, -0.2) is 11.5 Å². The van der Waals surface area contributed by atoms with Crippen molar-refractivity contribution in [2.45, 2.75) is 26.3 Å². The van der Waals surface area contributed by atoms with Crippen molar-refractivity contribution >= 4 is 0 Å². The van der Waals surface area contributed by atoms with Gasteiger partial charge in [-0.15, -0.1) is 0 Å². The van der Waals surface area contributed by atoms with Gasteiger partial charge in [0, 0.05) is 0 Å². The summed E-state index contributed by atoms with van der Waals surface area (Å²) in [5.41, 5.74) is 6.96. The van der Waals surface area contributed by atoms with E-state index in [1.807, 2.05) is 0 Å². The van der Waals surface area contributed by atoms with E-state index in [1.165, 1.54) is 12.1 Å². The lowest BCUT2D eigenvalue weighted by Gasteiger charge is -2.16. The number of aryl methyl sites for hydroxylation is 2. The van der Waals surface area contributed by atoms with Crippen LogP contribution in [0.3, 0.4) is 0 Å². The molecule has 1 rings (SSSR count). The number of phenols is 1. The van der Waals surface area contributed by atoms with Crippen LogP contribution < -0.4 is 5.73 Å². The summed E-state index contributed by atoms with van der Waals surface area (Å²) in [4.78, 5) is 0. The second-order valence-corrected chi connectivity index (χ2v) is 3.35. The van der Waals surface area contributed by atoms with Crippen molar-refractivity contribution in [3.63, 3.8) is 0 Å². The molecule has 0 aliphatic carbocycles. The van der Waals surface area contributed by atoms with E-state index in [-0.39, 0.29) is 5.75 Å². The Balaban J connectivity index is 3.20. The minimum absolute atomic E-state index is 0.0743. The van der Waals surface area contributed by atoms with Crippen molar-refractivity contribution < 1.29 is 13.9 Å². The summed E-state index contributed by atoms with van der Waals surface area (Å²) in [6, 6.07) is 1.59. The molecule has 0 bridgehead atoms. The van der Waals surface area contributed by atoms with Crippen molar-refractivity contribution in [1.82, 2.24) is 0 Å². The molecule has 0 aliphatic rings. The van der Waals surface area contributed by atoms with Crippen molar-refractivity contribution in [2.24, 2.45) is 5.73 Å². The minimum atomic E-state index is -2.59. The first-order chi connectivity index (χ1) is 6.43. The fraction of sp³-hybridized carbons (Fsp3) is 0.400. The van der Waals surface area contributed by atoms with E-state index in [4.69, 9.17) is 5.73 Å². The summed E-state index contributed by atoms with van der Waals surface area (Å²) >= 11 is 0. The van der Waals surface area contributed by atoms with Crippen molar-refractivity contribution in [3.05, 3.63) is 28.8 Å². The Morgan fingerprint density at radius 2 is 1.64 bits per heavy atom. The predicted octanol–water partition coefficient (Wildman–Crippen LogP) is 2.27. The summed E-state index contributed by atoms with van der Waals surface area (Å²) in [6.45, 7) is 3.31. The van der Waals surface area contributed by atoms with Gasteiger partial charge in [-0.2, -0.15) is 0 Å². The van der Waals surface area contributed by atoms with Crippen LogP contribution in [0.2, 0.25) is 0 Å². The fourth-order valence-electron chi connectivity index (χ4n) is 1.60. The van der Waals surface area contributed by atoms with E-state index in [2.05, 4.69) is 0 Å². The molecule has 3 N–H and O–H groups in total. The Bertz CT molecular complexity index is 316. The maximum atomic E-state index is 12.4. The van der Waals surface area contributed by atoms with Crippen LogP contribution in [0.1, 0.15) is 22.7 Å². The molecular formula is C10H13F2NO. The number of hydrogen-bond donors (Lipinski definition) is 2. The summed E-state index contributed by atoms with van der Waals surface area (Å²) < 4.78 is 24.8. The molecule has 4 heteroatoms. The van der Waals surface area contributed by atoms with Crippen LogP contribution in [0.15, 0.2) is 12.1 Å². The fourth-order valence-corrected chi connectivity index (χ4v) is 1.60. The zero-order valence-corrected chi connectivity index (χ0v) is 8.09. The lowest BCUT2D eigenvalue weighted by molar-refractivity contribution is 0.116. The van der Waals surface area contributed by atoms with Crippen molar-refractivity contribution in [2.75, 3.05) is 0 Å². The molecule has 2 nitrogen and oxygen atoms in total. The van der Waals surface area contributed by atoms with Crippen LogP contribution in [0.4, 0.5) is 8.78 Å². The van der Waals surface area contributed by atoms with Crippen LogP contribution >= 0.6 is 0 Å². The van der Waals surface area contributed by atoms with E-state index in [0.29, 0.717) is 16.7 Å². The number of aromatic hydroxyl groups is 1. The van der Waals surface area contributed by atoms with E-state index in [0.717, 1.165) is 0 Å². The Labute approximate surface area is 81.4 Å². The predicted molar refractivity (Wildman–Crippen MR) is 50.5 cm³/mol. The lowest BCUT2D eigenvalue weighted by atomic mass is 9.96.